The molecule has 0 heterocycles. The van der Waals surface area contributed by atoms with E-state index in [0.717, 1.165) is 5.69 Å². The van der Waals surface area contributed by atoms with E-state index < -0.39 is 0 Å². The third kappa shape index (κ3) is 2.88. The Morgan fingerprint density at radius 1 is 1.33 bits per heavy atom. The van der Waals surface area contributed by atoms with E-state index in [-0.39, 0.29) is 0 Å². The summed E-state index contributed by atoms with van der Waals surface area (Å²) in [6.45, 7) is 6.44. The maximum atomic E-state index is 8.73. The maximum absolute atomic E-state index is 8.73. The van der Waals surface area contributed by atoms with Crippen molar-refractivity contribution in [2.75, 3.05) is 11.1 Å². The molecular formula is C12H17N3. The number of hydrogen-bond acceptors (Lipinski definition) is 3. The second kappa shape index (κ2) is 4.70. The van der Waals surface area contributed by atoms with Gasteiger partial charge in [0.25, 0.3) is 0 Å². The van der Waals surface area contributed by atoms with E-state index in [1.165, 1.54) is 0 Å². The molecule has 1 unspecified atom stereocenters. The van der Waals surface area contributed by atoms with Gasteiger partial charge in [-0.15, -0.1) is 0 Å². The smallest absolute Gasteiger partial charge is 0.101 e. The molecule has 0 spiro atoms. The number of nitrogens with zero attached hydrogens (tertiary/aromatic N) is 1. The second-order valence-corrected chi connectivity index (χ2v) is 4.09. The highest BCUT2D eigenvalue weighted by Crippen LogP contribution is 2.19. The minimum absolute atomic E-state index is 0.386. The van der Waals surface area contributed by atoms with E-state index in [2.05, 4.69) is 26.1 Å². The number of benzene rings is 1. The van der Waals surface area contributed by atoms with E-state index in [1.807, 2.05) is 12.1 Å². The van der Waals surface area contributed by atoms with E-state index >= 15 is 0 Å². The van der Waals surface area contributed by atoms with Crippen molar-refractivity contribution < 1.29 is 0 Å². The molecule has 0 radical (unpaired) electrons. The summed E-state index contributed by atoms with van der Waals surface area (Å²) in [5.74, 6) is 0.557. The fraction of sp³-hybridized carbons (Fsp3) is 0.417. The highest BCUT2D eigenvalue weighted by Gasteiger charge is 2.07. The molecule has 0 saturated carbocycles. The first kappa shape index (κ1) is 11.4. The number of nitrogen functional groups attached to an aromatic ring is 1. The normalized spacial score (nSPS) is 12.2. The first-order chi connectivity index (χ1) is 7.04. The van der Waals surface area contributed by atoms with Gasteiger partial charge in [-0.3, -0.25) is 0 Å². The van der Waals surface area contributed by atoms with Gasteiger partial charge in [0.05, 0.1) is 11.3 Å². The lowest BCUT2D eigenvalue weighted by Crippen LogP contribution is -2.21. The number of nitriles is 1. The summed E-state index contributed by atoms with van der Waals surface area (Å²) < 4.78 is 0. The third-order valence-corrected chi connectivity index (χ3v) is 2.57. The topological polar surface area (TPSA) is 61.8 Å². The molecule has 0 bridgehead atoms. The van der Waals surface area contributed by atoms with Gasteiger partial charge in [0, 0.05) is 11.7 Å². The lowest BCUT2D eigenvalue weighted by atomic mass is 10.1. The quantitative estimate of drug-likeness (QED) is 0.742. The van der Waals surface area contributed by atoms with Crippen molar-refractivity contribution in [2.45, 2.75) is 26.8 Å². The molecule has 80 valence electrons. The van der Waals surface area contributed by atoms with Crippen molar-refractivity contribution in [2.24, 2.45) is 5.92 Å². The number of hydrogen-bond donors (Lipinski definition) is 2. The van der Waals surface area contributed by atoms with Gasteiger partial charge in [0.15, 0.2) is 0 Å². The Labute approximate surface area is 90.9 Å². The van der Waals surface area contributed by atoms with Gasteiger partial charge in [-0.05, 0) is 31.0 Å². The van der Waals surface area contributed by atoms with Crippen LogP contribution in [-0.2, 0) is 0 Å². The van der Waals surface area contributed by atoms with Gasteiger partial charge in [0.2, 0.25) is 0 Å². The van der Waals surface area contributed by atoms with Crippen LogP contribution >= 0.6 is 0 Å². The van der Waals surface area contributed by atoms with E-state index in [9.17, 15) is 0 Å². The zero-order chi connectivity index (χ0) is 11.4. The molecule has 3 heteroatoms. The number of nitrogens with two attached hydrogens (primary N) is 1. The minimum atomic E-state index is 0.386. The average molecular weight is 203 g/mol. The molecule has 15 heavy (non-hydrogen) atoms. The van der Waals surface area contributed by atoms with Crippen molar-refractivity contribution in [1.29, 1.82) is 5.26 Å². The van der Waals surface area contributed by atoms with Crippen LogP contribution in [0.25, 0.3) is 0 Å². The van der Waals surface area contributed by atoms with Crippen molar-refractivity contribution in [1.82, 2.24) is 0 Å². The standard InChI is InChI=1S/C12H17N3/c1-8(2)9(3)15-11-5-4-10(7-13)12(14)6-11/h4-6,8-9,15H,14H2,1-3H3. The van der Waals surface area contributed by atoms with E-state index in [4.69, 9.17) is 11.0 Å². The van der Waals surface area contributed by atoms with Crippen LogP contribution in [0.1, 0.15) is 26.3 Å². The van der Waals surface area contributed by atoms with Crippen LogP contribution in [0.3, 0.4) is 0 Å². The summed E-state index contributed by atoms with van der Waals surface area (Å²) in [4.78, 5) is 0. The third-order valence-electron chi connectivity index (χ3n) is 2.57. The Bertz CT molecular complexity index is 377. The molecule has 0 aliphatic heterocycles. The number of anilines is 2. The summed E-state index contributed by atoms with van der Waals surface area (Å²) in [6, 6.07) is 7.86. The lowest BCUT2D eigenvalue weighted by molar-refractivity contribution is 0.560. The molecule has 1 aromatic rings. The van der Waals surface area contributed by atoms with Gasteiger partial charge in [-0.1, -0.05) is 13.8 Å². The highest BCUT2D eigenvalue weighted by molar-refractivity contribution is 5.62. The first-order valence-corrected chi connectivity index (χ1v) is 5.10. The summed E-state index contributed by atoms with van der Waals surface area (Å²) in [6.07, 6.45) is 0. The summed E-state index contributed by atoms with van der Waals surface area (Å²) >= 11 is 0. The fourth-order valence-electron chi connectivity index (χ4n) is 1.18. The predicted molar refractivity (Wildman–Crippen MR) is 63.5 cm³/mol. The van der Waals surface area contributed by atoms with Gasteiger partial charge >= 0.3 is 0 Å². The van der Waals surface area contributed by atoms with Crippen LogP contribution in [-0.4, -0.2) is 6.04 Å². The largest absolute Gasteiger partial charge is 0.398 e. The Morgan fingerprint density at radius 3 is 2.47 bits per heavy atom. The van der Waals surface area contributed by atoms with Crippen LogP contribution in [0.5, 0.6) is 0 Å². The predicted octanol–water partition coefficient (Wildman–Crippen LogP) is 2.60. The molecule has 1 atom stereocenters. The Balaban J connectivity index is 2.81. The molecule has 0 amide bonds. The second-order valence-electron chi connectivity index (χ2n) is 4.09. The molecule has 0 saturated heterocycles. The molecule has 0 aliphatic rings. The summed E-state index contributed by atoms with van der Waals surface area (Å²) in [5.41, 5.74) is 7.74. The monoisotopic (exact) mass is 203 g/mol. The van der Waals surface area contributed by atoms with Crippen LogP contribution in [0.15, 0.2) is 18.2 Å². The molecular weight excluding hydrogens is 186 g/mol. The molecule has 1 rings (SSSR count). The number of nitrogens with one attached hydrogen (secondary N) is 1. The van der Waals surface area contributed by atoms with Crippen molar-refractivity contribution in [3.05, 3.63) is 23.8 Å². The van der Waals surface area contributed by atoms with Crippen LogP contribution in [0, 0.1) is 17.2 Å². The molecule has 0 fully saturated rings. The first-order valence-electron chi connectivity index (χ1n) is 5.10. The fourth-order valence-corrected chi connectivity index (χ4v) is 1.18. The molecule has 3 N–H and O–H groups in total. The molecule has 0 aliphatic carbocycles. The lowest BCUT2D eigenvalue weighted by Gasteiger charge is -2.19. The SMILES string of the molecule is CC(C)C(C)Nc1ccc(C#N)c(N)c1. The zero-order valence-corrected chi connectivity index (χ0v) is 9.41. The molecule has 3 nitrogen and oxygen atoms in total. The molecule has 1 aromatic carbocycles. The summed E-state index contributed by atoms with van der Waals surface area (Å²) in [5, 5.41) is 12.1. The van der Waals surface area contributed by atoms with Crippen LogP contribution < -0.4 is 11.1 Å². The van der Waals surface area contributed by atoms with Gasteiger partial charge in [0.1, 0.15) is 6.07 Å². The molecule has 0 aromatic heterocycles. The van der Waals surface area contributed by atoms with Crippen molar-refractivity contribution >= 4 is 11.4 Å². The van der Waals surface area contributed by atoms with E-state index in [1.54, 1.807) is 12.1 Å². The number of rotatable bonds is 3. The van der Waals surface area contributed by atoms with Crippen molar-refractivity contribution in [3.63, 3.8) is 0 Å². The minimum Gasteiger partial charge on any atom is -0.398 e. The van der Waals surface area contributed by atoms with Crippen LogP contribution in [0.2, 0.25) is 0 Å². The Kier molecular flexibility index (Phi) is 3.56. The Morgan fingerprint density at radius 2 is 2.00 bits per heavy atom. The average Bonchev–Trinajstić information content (AvgIpc) is 2.18. The van der Waals surface area contributed by atoms with E-state index in [0.29, 0.717) is 23.2 Å². The maximum Gasteiger partial charge on any atom is 0.101 e. The van der Waals surface area contributed by atoms with Gasteiger partial charge < -0.3 is 11.1 Å². The van der Waals surface area contributed by atoms with Crippen LogP contribution in [0.4, 0.5) is 11.4 Å². The zero-order valence-electron chi connectivity index (χ0n) is 9.41. The van der Waals surface area contributed by atoms with Gasteiger partial charge in [-0.25, -0.2) is 0 Å². The van der Waals surface area contributed by atoms with Gasteiger partial charge in [-0.2, -0.15) is 5.26 Å². The summed E-state index contributed by atoms with van der Waals surface area (Å²) in [7, 11) is 0. The Hall–Kier alpha value is -1.69. The van der Waals surface area contributed by atoms with Crippen molar-refractivity contribution in [3.8, 4) is 6.07 Å². The highest BCUT2D eigenvalue weighted by atomic mass is 14.9.